The van der Waals surface area contributed by atoms with Crippen LogP contribution < -0.4 is 20.9 Å². The number of alkyl halides is 7. The quantitative estimate of drug-likeness (QED) is 0.169. The predicted molar refractivity (Wildman–Crippen MR) is 115 cm³/mol. The van der Waals surface area contributed by atoms with Crippen molar-refractivity contribution in [3.05, 3.63) is 53.0 Å². The lowest BCUT2D eigenvalue weighted by Crippen LogP contribution is -2.49. The number of hydrazine groups is 1. The average Bonchev–Trinajstić information content (AvgIpc) is 2.71. The molecule has 0 saturated heterocycles. The van der Waals surface area contributed by atoms with Crippen LogP contribution in [-0.4, -0.2) is 35.0 Å². The molecule has 180 valence electrons. The van der Waals surface area contributed by atoms with Gasteiger partial charge in [-0.2, -0.15) is 30.7 Å². The summed E-state index contributed by atoms with van der Waals surface area (Å²) in [6.07, 6.45) is -6.41. The Labute approximate surface area is 200 Å². The predicted octanol–water partition coefficient (Wildman–Crippen LogP) is 5.73. The smallest absolute Gasteiger partial charge is 0.460 e. The van der Waals surface area contributed by atoms with Gasteiger partial charge < -0.3 is 10.1 Å². The third-order valence-electron chi connectivity index (χ3n) is 3.56. The van der Waals surface area contributed by atoms with E-state index in [4.69, 9.17) is 17.0 Å². The molecule has 2 aromatic rings. The van der Waals surface area contributed by atoms with Crippen molar-refractivity contribution in [1.82, 2.24) is 10.9 Å². The Kier molecular flexibility index (Phi) is 8.81. The molecule has 0 aromatic heterocycles. The molecule has 0 bridgehead atoms. The summed E-state index contributed by atoms with van der Waals surface area (Å²) in [5, 5.41) is -2.99. The molecule has 0 fully saturated rings. The zero-order valence-corrected chi connectivity index (χ0v) is 19.2. The van der Waals surface area contributed by atoms with Gasteiger partial charge in [0.05, 0.1) is 0 Å². The van der Waals surface area contributed by atoms with Crippen molar-refractivity contribution in [3.63, 3.8) is 0 Å². The molecule has 0 aliphatic rings. The van der Waals surface area contributed by atoms with Crippen molar-refractivity contribution in [1.29, 1.82) is 0 Å². The second-order valence-corrected chi connectivity index (χ2v) is 8.60. The number of carbonyl (C=O) groups is 1. The molecule has 0 radical (unpaired) electrons. The number of hydrogen-bond donors (Lipinski definition) is 3. The highest BCUT2D eigenvalue weighted by atomic mass is 79.9. The fraction of sp³-hybridized carbons (Fsp3) is 0.222. The summed E-state index contributed by atoms with van der Waals surface area (Å²) >= 11 is 7.25. The number of benzene rings is 2. The van der Waals surface area contributed by atoms with Crippen LogP contribution in [0.4, 0.5) is 36.4 Å². The summed E-state index contributed by atoms with van der Waals surface area (Å²) in [6.45, 7) is -0.339. The van der Waals surface area contributed by atoms with E-state index in [1.807, 2.05) is 0 Å². The van der Waals surface area contributed by atoms with Crippen LogP contribution in [0.25, 0.3) is 0 Å². The van der Waals surface area contributed by atoms with Gasteiger partial charge in [0.2, 0.25) is 0 Å². The fourth-order valence-corrected chi connectivity index (χ4v) is 3.37. The van der Waals surface area contributed by atoms with Crippen molar-refractivity contribution in [3.8, 4) is 5.75 Å². The van der Waals surface area contributed by atoms with Gasteiger partial charge in [0, 0.05) is 15.1 Å². The molecule has 33 heavy (non-hydrogen) atoms. The molecule has 0 unspecified atom stereocenters. The maximum atomic E-state index is 13.5. The number of nitrogens with one attached hydrogen (secondary N) is 3. The Morgan fingerprint density at radius 2 is 1.64 bits per heavy atom. The molecular formula is C18H13BrF7N3O2S2. The van der Waals surface area contributed by atoms with Crippen molar-refractivity contribution in [2.75, 3.05) is 11.9 Å². The SMILES string of the molecule is O=C(COc1cccc(Br)c1)NNC(=S)Nc1ccc(SC(F)(F)C(F)(F)C(F)(F)F)cc1. The lowest BCUT2D eigenvalue weighted by atomic mass is 10.3. The summed E-state index contributed by atoms with van der Waals surface area (Å²) in [5.41, 5.74) is 4.77. The summed E-state index contributed by atoms with van der Waals surface area (Å²) in [4.78, 5) is 11.2. The third-order valence-corrected chi connectivity index (χ3v) is 5.28. The monoisotopic (exact) mass is 579 g/mol. The largest absolute Gasteiger partial charge is 0.484 e. The van der Waals surface area contributed by atoms with E-state index in [0.717, 1.165) is 28.7 Å². The lowest BCUT2D eigenvalue weighted by Gasteiger charge is -2.27. The molecule has 3 N–H and O–H groups in total. The van der Waals surface area contributed by atoms with Crippen molar-refractivity contribution < 1.29 is 40.3 Å². The van der Waals surface area contributed by atoms with Gasteiger partial charge in [-0.05, 0) is 66.4 Å². The van der Waals surface area contributed by atoms with Crippen molar-refractivity contribution in [2.24, 2.45) is 0 Å². The number of amides is 1. The lowest BCUT2D eigenvalue weighted by molar-refractivity contribution is -0.330. The minimum Gasteiger partial charge on any atom is -0.484 e. The Hall–Kier alpha value is -2.26. The second kappa shape index (κ2) is 10.8. The van der Waals surface area contributed by atoms with E-state index in [2.05, 4.69) is 32.1 Å². The van der Waals surface area contributed by atoms with Gasteiger partial charge in [-0.25, -0.2) is 0 Å². The van der Waals surface area contributed by atoms with Crippen LogP contribution in [0.1, 0.15) is 0 Å². The minimum absolute atomic E-state index is 0.125. The van der Waals surface area contributed by atoms with Gasteiger partial charge in [-0.1, -0.05) is 22.0 Å². The van der Waals surface area contributed by atoms with E-state index in [0.29, 0.717) is 5.75 Å². The van der Waals surface area contributed by atoms with Gasteiger partial charge in [0.1, 0.15) is 5.75 Å². The van der Waals surface area contributed by atoms with E-state index in [1.165, 1.54) is 0 Å². The molecule has 5 nitrogen and oxygen atoms in total. The molecule has 0 atom stereocenters. The van der Waals surface area contributed by atoms with Crippen LogP contribution in [0.3, 0.4) is 0 Å². The van der Waals surface area contributed by atoms with Gasteiger partial charge in [0.15, 0.2) is 11.7 Å². The highest BCUT2D eigenvalue weighted by Gasteiger charge is 2.73. The molecule has 2 aromatic carbocycles. The van der Waals surface area contributed by atoms with E-state index in [-0.39, 0.29) is 17.4 Å². The number of rotatable bonds is 7. The number of hydrogen-bond acceptors (Lipinski definition) is 4. The van der Waals surface area contributed by atoms with Crippen LogP contribution in [0, 0.1) is 0 Å². The van der Waals surface area contributed by atoms with Gasteiger partial charge in [0.25, 0.3) is 5.91 Å². The Morgan fingerprint density at radius 1 is 1.00 bits per heavy atom. The molecule has 0 heterocycles. The van der Waals surface area contributed by atoms with Crippen LogP contribution in [-0.2, 0) is 4.79 Å². The fourth-order valence-electron chi connectivity index (χ4n) is 2.01. The van der Waals surface area contributed by atoms with E-state index >= 15 is 0 Å². The highest BCUT2D eigenvalue weighted by Crippen LogP contribution is 2.53. The Balaban J connectivity index is 1.83. The van der Waals surface area contributed by atoms with Crippen LogP contribution in [0.5, 0.6) is 5.75 Å². The van der Waals surface area contributed by atoms with E-state index in [9.17, 15) is 35.5 Å². The molecule has 15 heteroatoms. The Morgan fingerprint density at radius 3 is 2.21 bits per heavy atom. The number of carbonyl (C=O) groups excluding carboxylic acids is 1. The first-order valence-electron chi connectivity index (χ1n) is 8.57. The Bertz CT molecular complexity index is 992. The maximum absolute atomic E-state index is 13.5. The third kappa shape index (κ3) is 7.64. The summed E-state index contributed by atoms with van der Waals surface area (Å²) in [5.74, 6) is -6.36. The normalized spacial score (nSPS) is 12.1. The zero-order chi connectivity index (χ0) is 24.9. The van der Waals surface area contributed by atoms with Crippen LogP contribution in [0.15, 0.2) is 57.9 Å². The van der Waals surface area contributed by atoms with Crippen molar-refractivity contribution in [2.45, 2.75) is 22.2 Å². The molecule has 1 amide bonds. The molecule has 2 rings (SSSR count). The standard InChI is InChI=1S/C18H13BrF7N3O2S2/c19-10-2-1-3-12(8-10)31-9-14(30)28-29-15(32)27-11-4-6-13(7-5-11)33-18(25,26)16(20,21)17(22,23)24/h1-8H,9H2,(H,28,30)(H2,27,29,32). The van der Waals surface area contributed by atoms with Gasteiger partial charge in [-0.15, -0.1) is 0 Å². The second-order valence-electron chi connectivity index (χ2n) is 6.09. The molecule has 0 saturated carbocycles. The first kappa shape index (κ1) is 27.0. The number of ether oxygens (including phenoxy) is 1. The van der Waals surface area contributed by atoms with Gasteiger partial charge >= 0.3 is 17.4 Å². The first-order chi connectivity index (χ1) is 15.2. The van der Waals surface area contributed by atoms with Crippen LogP contribution in [0.2, 0.25) is 0 Å². The van der Waals surface area contributed by atoms with E-state index < -0.39 is 39.9 Å². The zero-order valence-electron chi connectivity index (χ0n) is 16.0. The highest BCUT2D eigenvalue weighted by molar-refractivity contribution is 9.10. The summed E-state index contributed by atoms with van der Waals surface area (Å²) in [6, 6.07) is 10.8. The van der Waals surface area contributed by atoms with Crippen molar-refractivity contribution >= 4 is 56.6 Å². The number of halogens is 8. The average molecular weight is 580 g/mol. The maximum Gasteiger partial charge on any atom is 0.460 e. The topological polar surface area (TPSA) is 62.4 Å². The molecule has 0 aliphatic carbocycles. The minimum atomic E-state index is -6.41. The summed E-state index contributed by atoms with van der Waals surface area (Å²) in [7, 11) is 0. The molecular weight excluding hydrogens is 567 g/mol. The summed E-state index contributed by atoms with van der Waals surface area (Å²) < 4.78 is 95.5. The number of thiocarbonyl (C=S) groups is 1. The molecule has 0 aliphatic heterocycles. The van der Waals surface area contributed by atoms with Gasteiger partial charge in [-0.3, -0.25) is 15.6 Å². The number of thioether (sulfide) groups is 1. The van der Waals surface area contributed by atoms with Crippen LogP contribution >= 0.6 is 39.9 Å². The number of anilines is 1. The first-order valence-corrected chi connectivity index (χ1v) is 10.6. The van der Waals surface area contributed by atoms with E-state index in [1.54, 1.807) is 24.3 Å². The molecule has 0 spiro atoms.